The Bertz CT molecular complexity index is 940. The zero-order valence-corrected chi connectivity index (χ0v) is 17.3. The maximum Gasteiger partial charge on any atom is 0.253 e. The van der Waals surface area contributed by atoms with Crippen LogP contribution in [0.15, 0.2) is 72.8 Å². The zero-order valence-electron chi connectivity index (χ0n) is 17.3. The Morgan fingerprint density at radius 2 is 1.62 bits per heavy atom. The number of benzene rings is 3. The molecule has 3 aromatic rings. The fourth-order valence-corrected chi connectivity index (χ4v) is 4.52. The van der Waals surface area contributed by atoms with Crippen molar-refractivity contribution in [2.75, 3.05) is 19.6 Å². The Morgan fingerprint density at radius 3 is 2.38 bits per heavy atom. The topological polar surface area (TPSA) is 23.6 Å². The van der Waals surface area contributed by atoms with Gasteiger partial charge in [-0.15, -0.1) is 0 Å². The SMILES string of the molecule is CCCN(Cc1cccc2ccccc12)C1CCN(C(=O)c2ccccc2)CC1. The predicted octanol–water partition coefficient (Wildman–Crippen LogP) is 5.36. The van der Waals surface area contributed by atoms with Crippen LogP contribution in [0.1, 0.15) is 42.1 Å². The fourth-order valence-electron chi connectivity index (χ4n) is 4.52. The number of piperidine rings is 1. The van der Waals surface area contributed by atoms with Crippen molar-refractivity contribution in [3.63, 3.8) is 0 Å². The van der Waals surface area contributed by atoms with Crippen LogP contribution in [0.25, 0.3) is 10.8 Å². The van der Waals surface area contributed by atoms with Crippen molar-refractivity contribution in [1.29, 1.82) is 0 Å². The largest absolute Gasteiger partial charge is 0.339 e. The summed E-state index contributed by atoms with van der Waals surface area (Å²) in [5.41, 5.74) is 2.20. The van der Waals surface area contributed by atoms with Gasteiger partial charge in [0.1, 0.15) is 0 Å². The molecule has 3 nitrogen and oxygen atoms in total. The number of hydrogen-bond acceptors (Lipinski definition) is 2. The molecule has 4 rings (SSSR count). The van der Waals surface area contributed by atoms with Crippen LogP contribution in [0.4, 0.5) is 0 Å². The van der Waals surface area contributed by atoms with Crippen molar-refractivity contribution in [2.24, 2.45) is 0 Å². The van der Waals surface area contributed by atoms with E-state index in [-0.39, 0.29) is 5.91 Å². The highest BCUT2D eigenvalue weighted by atomic mass is 16.2. The molecule has 0 unspecified atom stereocenters. The van der Waals surface area contributed by atoms with Crippen LogP contribution in [0, 0.1) is 0 Å². The molecule has 1 amide bonds. The van der Waals surface area contributed by atoms with Gasteiger partial charge in [0.05, 0.1) is 0 Å². The van der Waals surface area contributed by atoms with Crippen LogP contribution in [0.2, 0.25) is 0 Å². The molecule has 0 N–H and O–H groups in total. The Labute approximate surface area is 173 Å². The smallest absolute Gasteiger partial charge is 0.253 e. The van der Waals surface area contributed by atoms with Gasteiger partial charge in [0.2, 0.25) is 0 Å². The Kier molecular flexibility index (Phi) is 6.26. The van der Waals surface area contributed by atoms with Gasteiger partial charge in [0.15, 0.2) is 0 Å². The van der Waals surface area contributed by atoms with E-state index in [0.29, 0.717) is 6.04 Å². The van der Waals surface area contributed by atoms with E-state index in [1.165, 1.54) is 16.3 Å². The summed E-state index contributed by atoms with van der Waals surface area (Å²) in [6.07, 6.45) is 3.24. The minimum Gasteiger partial charge on any atom is -0.339 e. The first-order valence-corrected chi connectivity index (χ1v) is 10.8. The molecule has 1 fully saturated rings. The van der Waals surface area contributed by atoms with Gasteiger partial charge in [0, 0.05) is 31.2 Å². The average Bonchev–Trinajstić information content (AvgIpc) is 2.79. The number of carbonyl (C=O) groups is 1. The molecule has 150 valence electrons. The van der Waals surface area contributed by atoms with Crippen molar-refractivity contribution >= 4 is 16.7 Å². The average molecular weight is 387 g/mol. The summed E-state index contributed by atoms with van der Waals surface area (Å²) >= 11 is 0. The van der Waals surface area contributed by atoms with E-state index >= 15 is 0 Å². The standard InChI is InChI=1S/C26H30N2O/c1-2-17-28(20-23-13-8-12-21-9-6-7-14-25(21)23)24-15-18-27(19-16-24)26(29)22-10-4-3-5-11-22/h3-14,24H,2,15-20H2,1H3. The monoisotopic (exact) mass is 386 g/mol. The maximum atomic E-state index is 12.8. The Balaban J connectivity index is 1.44. The van der Waals surface area contributed by atoms with Crippen molar-refractivity contribution in [2.45, 2.75) is 38.8 Å². The first-order valence-electron chi connectivity index (χ1n) is 10.8. The fraction of sp³-hybridized carbons (Fsp3) is 0.346. The van der Waals surface area contributed by atoms with Gasteiger partial charge in [0.25, 0.3) is 5.91 Å². The van der Waals surface area contributed by atoms with Crippen LogP contribution < -0.4 is 0 Å². The molecule has 0 aliphatic carbocycles. The molecule has 3 aromatic carbocycles. The molecule has 0 saturated carbocycles. The molecule has 1 heterocycles. The van der Waals surface area contributed by atoms with Crippen LogP contribution >= 0.6 is 0 Å². The molecule has 1 aliphatic heterocycles. The molecule has 0 spiro atoms. The summed E-state index contributed by atoms with van der Waals surface area (Å²) in [6, 6.07) is 25.5. The number of likely N-dealkylation sites (tertiary alicyclic amines) is 1. The number of carbonyl (C=O) groups excluding carboxylic acids is 1. The van der Waals surface area contributed by atoms with E-state index in [9.17, 15) is 4.79 Å². The molecule has 29 heavy (non-hydrogen) atoms. The van der Waals surface area contributed by atoms with Crippen LogP contribution in [0.3, 0.4) is 0 Å². The van der Waals surface area contributed by atoms with E-state index in [0.717, 1.165) is 51.0 Å². The van der Waals surface area contributed by atoms with Crippen molar-refractivity contribution in [3.8, 4) is 0 Å². The van der Waals surface area contributed by atoms with Gasteiger partial charge in [-0.3, -0.25) is 9.69 Å². The van der Waals surface area contributed by atoms with Gasteiger partial charge >= 0.3 is 0 Å². The van der Waals surface area contributed by atoms with E-state index < -0.39 is 0 Å². The number of nitrogens with zero attached hydrogens (tertiary/aromatic N) is 2. The third kappa shape index (κ3) is 4.51. The summed E-state index contributed by atoms with van der Waals surface area (Å²) < 4.78 is 0. The van der Waals surface area contributed by atoms with Crippen LogP contribution in [0.5, 0.6) is 0 Å². The molecule has 1 aliphatic rings. The van der Waals surface area contributed by atoms with Gasteiger partial charge in [-0.1, -0.05) is 67.6 Å². The minimum atomic E-state index is 0.167. The molecule has 3 heteroatoms. The third-order valence-electron chi connectivity index (χ3n) is 6.05. The van der Waals surface area contributed by atoms with Gasteiger partial charge < -0.3 is 4.90 Å². The lowest BCUT2D eigenvalue weighted by atomic mass is 9.99. The summed E-state index contributed by atoms with van der Waals surface area (Å²) in [7, 11) is 0. The van der Waals surface area contributed by atoms with E-state index in [2.05, 4.69) is 54.3 Å². The van der Waals surface area contributed by atoms with Gasteiger partial charge in [-0.2, -0.15) is 0 Å². The number of fused-ring (bicyclic) bond motifs is 1. The third-order valence-corrected chi connectivity index (χ3v) is 6.05. The highest BCUT2D eigenvalue weighted by Gasteiger charge is 2.27. The van der Waals surface area contributed by atoms with E-state index in [1.807, 2.05) is 35.2 Å². The lowest BCUT2D eigenvalue weighted by molar-refractivity contribution is 0.0608. The molecule has 0 atom stereocenters. The lowest BCUT2D eigenvalue weighted by Crippen LogP contribution is -2.46. The van der Waals surface area contributed by atoms with Crippen LogP contribution in [-0.4, -0.2) is 41.4 Å². The number of amides is 1. The van der Waals surface area contributed by atoms with Crippen molar-refractivity contribution in [1.82, 2.24) is 9.80 Å². The summed E-state index contributed by atoms with van der Waals surface area (Å²) in [6.45, 7) is 6.01. The molecular formula is C26H30N2O. The molecule has 0 bridgehead atoms. The van der Waals surface area contributed by atoms with Gasteiger partial charge in [-0.25, -0.2) is 0 Å². The second-order valence-corrected chi connectivity index (χ2v) is 8.00. The van der Waals surface area contributed by atoms with E-state index in [1.54, 1.807) is 0 Å². The van der Waals surface area contributed by atoms with Crippen molar-refractivity contribution in [3.05, 3.63) is 83.9 Å². The van der Waals surface area contributed by atoms with Gasteiger partial charge in [-0.05, 0) is 54.3 Å². The molecule has 1 saturated heterocycles. The van der Waals surface area contributed by atoms with E-state index in [4.69, 9.17) is 0 Å². The Hall–Kier alpha value is -2.65. The number of rotatable bonds is 6. The summed E-state index contributed by atoms with van der Waals surface area (Å²) in [4.78, 5) is 17.4. The van der Waals surface area contributed by atoms with Crippen molar-refractivity contribution < 1.29 is 4.79 Å². The first kappa shape index (κ1) is 19.7. The lowest BCUT2D eigenvalue weighted by Gasteiger charge is -2.38. The molecular weight excluding hydrogens is 356 g/mol. The quantitative estimate of drug-likeness (QED) is 0.570. The summed E-state index contributed by atoms with van der Waals surface area (Å²) in [5, 5.41) is 2.66. The highest BCUT2D eigenvalue weighted by Crippen LogP contribution is 2.24. The Morgan fingerprint density at radius 1 is 0.931 bits per heavy atom. The zero-order chi connectivity index (χ0) is 20.1. The minimum absolute atomic E-state index is 0.167. The summed E-state index contributed by atoms with van der Waals surface area (Å²) in [5.74, 6) is 0.167. The second-order valence-electron chi connectivity index (χ2n) is 8.00. The van der Waals surface area contributed by atoms with Crippen LogP contribution in [-0.2, 0) is 6.54 Å². The number of hydrogen-bond donors (Lipinski definition) is 0. The predicted molar refractivity (Wildman–Crippen MR) is 120 cm³/mol. The highest BCUT2D eigenvalue weighted by molar-refractivity contribution is 5.94. The molecule has 0 radical (unpaired) electrons. The normalized spacial score (nSPS) is 15.2. The molecule has 0 aromatic heterocycles. The first-order chi connectivity index (χ1) is 14.3. The maximum absolute atomic E-state index is 12.8. The second kappa shape index (κ2) is 9.23.